The van der Waals surface area contributed by atoms with E-state index in [0.717, 1.165) is 0 Å². The van der Waals surface area contributed by atoms with Crippen molar-refractivity contribution in [3.8, 4) is 6.07 Å². The number of hydrazone groups is 1. The summed E-state index contributed by atoms with van der Waals surface area (Å²) in [5.41, 5.74) is 8.34. The maximum atomic E-state index is 11.4. The predicted molar refractivity (Wildman–Crippen MR) is 72.7 cm³/mol. The maximum Gasteiger partial charge on any atom is 0.201 e. The number of rotatable bonds is 4. The van der Waals surface area contributed by atoms with E-state index < -0.39 is 5.84 Å². The van der Waals surface area contributed by atoms with Crippen molar-refractivity contribution in [2.45, 2.75) is 6.92 Å². The molecule has 0 saturated heterocycles. The Morgan fingerprint density at radius 3 is 2.78 bits per heavy atom. The second-order valence-electron chi connectivity index (χ2n) is 3.32. The molecule has 0 amide bonds. The molecule has 0 saturated carbocycles. The summed E-state index contributed by atoms with van der Waals surface area (Å²) >= 11 is 3.27. The van der Waals surface area contributed by atoms with E-state index in [9.17, 15) is 4.79 Å². The first-order valence-corrected chi connectivity index (χ1v) is 5.64. The van der Waals surface area contributed by atoms with Gasteiger partial charge in [0, 0.05) is 10.0 Å². The zero-order chi connectivity index (χ0) is 13.7. The lowest BCUT2D eigenvalue weighted by Gasteiger charge is -2.08. The average molecular weight is 308 g/mol. The summed E-state index contributed by atoms with van der Waals surface area (Å²) in [5, 5.41) is 19.5. The van der Waals surface area contributed by atoms with Gasteiger partial charge in [-0.05, 0) is 35.0 Å². The first-order valence-electron chi connectivity index (χ1n) is 4.85. The number of halogens is 1. The van der Waals surface area contributed by atoms with Crippen molar-refractivity contribution in [3.05, 3.63) is 28.2 Å². The number of Topliss-reactive ketones (excluding diaryl/α,β-unsaturated/α-hetero) is 1. The van der Waals surface area contributed by atoms with Gasteiger partial charge in [-0.2, -0.15) is 10.4 Å². The van der Waals surface area contributed by atoms with Gasteiger partial charge in [-0.15, -0.1) is 0 Å². The molecule has 0 radical (unpaired) electrons. The van der Waals surface area contributed by atoms with Crippen LogP contribution in [0.1, 0.15) is 17.3 Å². The Morgan fingerprint density at radius 2 is 2.28 bits per heavy atom. The minimum atomic E-state index is -0.443. The van der Waals surface area contributed by atoms with Crippen molar-refractivity contribution in [2.75, 3.05) is 5.43 Å². The number of carbonyl (C=O) groups is 1. The van der Waals surface area contributed by atoms with Crippen LogP contribution < -0.4 is 11.2 Å². The van der Waals surface area contributed by atoms with Gasteiger partial charge in [0.1, 0.15) is 6.07 Å². The normalized spacial score (nSPS) is 10.6. The zero-order valence-electron chi connectivity index (χ0n) is 9.49. The summed E-state index contributed by atoms with van der Waals surface area (Å²) in [6.07, 6.45) is 0. The number of nitrogens with one attached hydrogen (secondary N) is 2. The van der Waals surface area contributed by atoms with Gasteiger partial charge in [0.05, 0.1) is 5.69 Å². The predicted octanol–water partition coefficient (Wildman–Crippen LogP) is 1.88. The highest BCUT2D eigenvalue weighted by Gasteiger charge is 2.10. The molecule has 7 heteroatoms. The number of nitriles is 1. The number of anilines is 1. The Balaban J connectivity index is 3.16. The van der Waals surface area contributed by atoms with Gasteiger partial charge in [-0.1, -0.05) is 6.07 Å². The van der Waals surface area contributed by atoms with Crippen molar-refractivity contribution in [3.63, 3.8) is 0 Å². The fourth-order valence-corrected chi connectivity index (χ4v) is 1.64. The van der Waals surface area contributed by atoms with E-state index in [4.69, 9.17) is 16.4 Å². The molecule has 0 aliphatic carbocycles. The number of carbonyl (C=O) groups excluding carboxylic acids is 1. The minimum absolute atomic E-state index is 0.143. The molecule has 0 atom stereocenters. The molecule has 18 heavy (non-hydrogen) atoms. The van der Waals surface area contributed by atoms with Gasteiger partial charge >= 0.3 is 0 Å². The van der Waals surface area contributed by atoms with Crippen LogP contribution in [0.25, 0.3) is 0 Å². The van der Waals surface area contributed by atoms with Crippen LogP contribution >= 0.6 is 15.9 Å². The van der Waals surface area contributed by atoms with Crippen LogP contribution in [-0.2, 0) is 0 Å². The van der Waals surface area contributed by atoms with Gasteiger partial charge in [-0.25, -0.2) is 0 Å². The van der Waals surface area contributed by atoms with Gasteiger partial charge in [0.2, 0.25) is 5.71 Å². The Morgan fingerprint density at radius 1 is 1.61 bits per heavy atom. The number of benzene rings is 1. The van der Waals surface area contributed by atoms with Gasteiger partial charge in [0.25, 0.3) is 0 Å². The highest BCUT2D eigenvalue weighted by molar-refractivity contribution is 9.10. The third kappa shape index (κ3) is 3.15. The molecular weight excluding hydrogens is 298 g/mol. The van der Waals surface area contributed by atoms with Crippen molar-refractivity contribution in [1.82, 2.24) is 0 Å². The average Bonchev–Trinajstić information content (AvgIpc) is 2.30. The highest BCUT2D eigenvalue weighted by Crippen LogP contribution is 2.26. The van der Waals surface area contributed by atoms with E-state index >= 15 is 0 Å². The number of amidine groups is 1. The van der Waals surface area contributed by atoms with E-state index in [-0.39, 0.29) is 11.5 Å². The number of nitrogens with two attached hydrogens (primary N) is 1. The molecule has 0 aliphatic rings. The summed E-state index contributed by atoms with van der Waals surface area (Å²) in [7, 11) is 0. The fraction of sp³-hybridized carbons (Fsp3) is 0.0909. The van der Waals surface area contributed by atoms with Crippen LogP contribution in [0.5, 0.6) is 0 Å². The fourth-order valence-electron chi connectivity index (χ4n) is 1.19. The van der Waals surface area contributed by atoms with Crippen molar-refractivity contribution < 1.29 is 4.79 Å². The quantitative estimate of drug-likeness (QED) is 0.341. The lowest BCUT2D eigenvalue weighted by molar-refractivity contribution is 0.101. The molecule has 0 bridgehead atoms. The topological polar surface area (TPSA) is 115 Å². The maximum absolute atomic E-state index is 11.4. The van der Waals surface area contributed by atoms with Crippen LogP contribution in [0.2, 0.25) is 0 Å². The van der Waals surface area contributed by atoms with Crippen LogP contribution in [-0.4, -0.2) is 17.3 Å². The molecule has 92 valence electrons. The number of hydrogen-bond donors (Lipinski definition) is 3. The molecule has 6 nitrogen and oxygen atoms in total. The van der Waals surface area contributed by atoms with Gasteiger partial charge in [0.15, 0.2) is 11.6 Å². The smallest absolute Gasteiger partial charge is 0.201 e. The second-order valence-corrected chi connectivity index (χ2v) is 4.17. The Labute approximate surface area is 112 Å². The van der Waals surface area contributed by atoms with Crippen molar-refractivity contribution >= 4 is 38.9 Å². The molecule has 0 unspecified atom stereocenters. The highest BCUT2D eigenvalue weighted by atomic mass is 79.9. The molecule has 1 aromatic rings. The molecule has 4 N–H and O–H groups in total. The minimum Gasteiger partial charge on any atom is -0.382 e. The van der Waals surface area contributed by atoms with E-state index in [1.165, 1.54) is 6.92 Å². The summed E-state index contributed by atoms with van der Waals surface area (Å²) in [4.78, 5) is 11.4. The third-order valence-electron chi connectivity index (χ3n) is 2.03. The molecule has 0 spiro atoms. The molecular formula is C11H10BrN5O. The van der Waals surface area contributed by atoms with Gasteiger partial charge < -0.3 is 5.73 Å². The molecule has 0 fully saturated rings. The Hall–Kier alpha value is -2.20. The number of ketones is 1. The first kappa shape index (κ1) is 13.9. The van der Waals surface area contributed by atoms with Crippen molar-refractivity contribution in [2.24, 2.45) is 10.8 Å². The lowest BCUT2D eigenvalue weighted by Crippen LogP contribution is -2.22. The number of hydrogen-bond acceptors (Lipinski definition) is 5. The molecule has 1 rings (SSSR count). The van der Waals surface area contributed by atoms with E-state index in [0.29, 0.717) is 15.7 Å². The zero-order valence-corrected chi connectivity index (χ0v) is 11.1. The first-order chi connectivity index (χ1) is 8.47. The van der Waals surface area contributed by atoms with E-state index in [2.05, 4.69) is 26.5 Å². The van der Waals surface area contributed by atoms with Crippen LogP contribution in [0.3, 0.4) is 0 Å². The van der Waals surface area contributed by atoms with Crippen LogP contribution in [0.15, 0.2) is 27.8 Å². The van der Waals surface area contributed by atoms with Crippen molar-refractivity contribution in [1.29, 1.82) is 10.7 Å². The third-order valence-corrected chi connectivity index (χ3v) is 2.69. The monoisotopic (exact) mass is 307 g/mol. The van der Waals surface area contributed by atoms with Gasteiger partial charge in [-0.3, -0.25) is 15.6 Å². The molecule has 0 aromatic heterocycles. The number of nitrogens with zero attached hydrogens (tertiary/aromatic N) is 2. The molecule has 0 heterocycles. The largest absolute Gasteiger partial charge is 0.382 e. The SMILES string of the molecule is CC(=O)c1cccc(Br)c1N/N=C(\C#N)C(=N)N. The second kappa shape index (κ2) is 5.93. The summed E-state index contributed by atoms with van der Waals surface area (Å²) in [6, 6.07) is 6.75. The lowest BCUT2D eigenvalue weighted by atomic mass is 10.1. The number of para-hydroxylation sites is 1. The molecule has 1 aromatic carbocycles. The molecule has 0 aliphatic heterocycles. The summed E-state index contributed by atoms with van der Waals surface area (Å²) < 4.78 is 0.625. The Bertz CT molecular complexity index is 573. The summed E-state index contributed by atoms with van der Waals surface area (Å²) in [5.74, 6) is -0.586. The van der Waals surface area contributed by atoms with E-state index in [1.807, 2.05) is 0 Å². The van der Waals surface area contributed by atoms with Crippen LogP contribution in [0.4, 0.5) is 5.69 Å². The van der Waals surface area contributed by atoms with E-state index in [1.54, 1.807) is 24.3 Å². The van der Waals surface area contributed by atoms with Crippen LogP contribution in [0, 0.1) is 16.7 Å². The standard InChI is InChI=1S/C11H10BrN5O/c1-6(18)7-3-2-4-8(12)10(7)17-16-9(5-13)11(14)15/h2-4,17H,1H3,(H3,14,15)/b16-9+. The Kier molecular flexibility index (Phi) is 4.57. The summed E-state index contributed by atoms with van der Waals surface area (Å²) in [6.45, 7) is 1.42.